The molecule has 0 fully saturated rings. The molecule has 2 aromatic heterocycles. The third-order valence-corrected chi connectivity index (χ3v) is 3.24. The Kier molecular flexibility index (Phi) is 3.66. The highest BCUT2D eigenvalue weighted by Gasteiger charge is 2.15. The number of carbonyl (C=O) groups excluding carboxylic acids is 1. The molecule has 0 aliphatic rings. The van der Waals surface area contributed by atoms with E-state index in [1.165, 1.54) is 6.08 Å². The zero-order chi connectivity index (χ0) is 14.9. The van der Waals surface area contributed by atoms with Crippen molar-refractivity contribution in [2.75, 3.05) is 0 Å². The molecule has 2 rings (SSSR count). The van der Waals surface area contributed by atoms with E-state index in [0.717, 1.165) is 17.3 Å². The van der Waals surface area contributed by atoms with Crippen LogP contribution in [0.2, 0.25) is 0 Å². The predicted octanol–water partition coefficient (Wildman–Crippen LogP) is 0.440. The minimum absolute atomic E-state index is 0.403. The quantitative estimate of drug-likeness (QED) is 0.631. The van der Waals surface area contributed by atoms with Crippen molar-refractivity contribution in [1.29, 1.82) is 0 Å². The molecule has 0 saturated heterocycles. The van der Waals surface area contributed by atoms with Gasteiger partial charge >= 0.3 is 4.87 Å². The molecule has 0 unspecified atom stereocenters. The van der Waals surface area contributed by atoms with Gasteiger partial charge in [-0.2, -0.15) is 5.10 Å². The number of allylic oxidation sites excluding steroid dienone is 1. The molecule has 0 amide bonds. The van der Waals surface area contributed by atoms with Crippen molar-refractivity contribution in [3.63, 3.8) is 0 Å². The Balaban J connectivity index is 2.36. The predicted molar refractivity (Wildman–Crippen MR) is 74.2 cm³/mol. The lowest BCUT2D eigenvalue weighted by molar-refractivity contribution is 0.104. The molecule has 0 atom stereocenters. The summed E-state index contributed by atoms with van der Waals surface area (Å²) in [5, 5.41) is 13.0. The molecular weight excluding hydrogens is 282 g/mol. The van der Waals surface area contributed by atoms with Gasteiger partial charge in [-0.3, -0.25) is 24.0 Å². The molecule has 0 bridgehead atoms. The molecule has 0 aromatic carbocycles. The number of aromatic amines is 1. The van der Waals surface area contributed by atoms with Crippen molar-refractivity contribution < 1.29 is 9.90 Å². The van der Waals surface area contributed by atoms with Crippen LogP contribution >= 0.6 is 11.3 Å². The van der Waals surface area contributed by atoms with Crippen LogP contribution in [0.3, 0.4) is 0 Å². The van der Waals surface area contributed by atoms with Crippen LogP contribution in [0.5, 0.6) is 5.06 Å². The number of ketones is 1. The average Bonchev–Trinajstić information content (AvgIpc) is 2.63. The molecule has 104 valence electrons. The Hall–Kier alpha value is -2.48. The van der Waals surface area contributed by atoms with Crippen LogP contribution in [0.25, 0.3) is 6.08 Å². The first-order valence-corrected chi connectivity index (χ1v) is 6.39. The van der Waals surface area contributed by atoms with Gasteiger partial charge in [0.2, 0.25) is 0 Å². The average molecular weight is 293 g/mol. The van der Waals surface area contributed by atoms with Gasteiger partial charge in [-0.05, 0) is 30.4 Å². The molecule has 0 radical (unpaired) electrons. The second-order valence-corrected chi connectivity index (χ2v) is 5.03. The second-order valence-electron chi connectivity index (χ2n) is 4.06. The van der Waals surface area contributed by atoms with Gasteiger partial charge in [0.05, 0.1) is 5.69 Å². The van der Waals surface area contributed by atoms with E-state index < -0.39 is 26.8 Å². The normalized spacial score (nSPS) is 11.1. The van der Waals surface area contributed by atoms with E-state index in [0.29, 0.717) is 11.3 Å². The number of hydrogen-bond donors (Lipinski definition) is 2. The summed E-state index contributed by atoms with van der Waals surface area (Å²) >= 11 is 0.403. The molecule has 0 saturated carbocycles. The number of nitrogens with zero attached hydrogens (tertiary/aromatic N) is 2. The first kappa shape index (κ1) is 13.9. The van der Waals surface area contributed by atoms with Gasteiger partial charge in [-0.25, -0.2) is 0 Å². The van der Waals surface area contributed by atoms with E-state index >= 15 is 0 Å². The van der Waals surface area contributed by atoms with E-state index in [1.54, 1.807) is 24.9 Å². The summed E-state index contributed by atoms with van der Waals surface area (Å²) in [6.45, 7) is 1.78. The van der Waals surface area contributed by atoms with Gasteiger partial charge in [0.15, 0.2) is 10.8 Å². The molecule has 20 heavy (non-hydrogen) atoms. The lowest BCUT2D eigenvalue weighted by Crippen LogP contribution is -2.22. The summed E-state index contributed by atoms with van der Waals surface area (Å²) < 4.78 is 1.60. The van der Waals surface area contributed by atoms with Gasteiger partial charge in [-0.15, -0.1) is 0 Å². The number of rotatable bonds is 3. The van der Waals surface area contributed by atoms with Crippen LogP contribution in [-0.4, -0.2) is 25.7 Å². The van der Waals surface area contributed by atoms with E-state index in [4.69, 9.17) is 0 Å². The van der Waals surface area contributed by atoms with Gasteiger partial charge in [-0.1, -0.05) is 0 Å². The first-order valence-electron chi connectivity index (χ1n) is 5.57. The number of aromatic hydroxyl groups is 1. The van der Waals surface area contributed by atoms with Gasteiger partial charge in [0.25, 0.3) is 5.56 Å². The molecule has 2 heterocycles. The van der Waals surface area contributed by atoms with Gasteiger partial charge in [0, 0.05) is 18.8 Å². The molecular formula is C12H11N3O4S. The Labute approximate surface area is 116 Å². The molecule has 8 heteroatoms. The first-order chi connectivity index (χ1) is 9.38. The molecule has 0 aliphatic heterocycles. The number of aryl methyl sites for hydroxylation is 2. The molecule has 0 spiro atoms. The largest absolute Gasteiger partial charge is 0.499 e. The van der Waals surface area contributed by atoms with Crippen LogP contribution in [0.1, 0.15) is 21.6 Å². The third kappa shape index (κ3) is 2.75. The topological polar surface area (TPSA) is 105 Å². The Morgan fingerprint density at radius 3 is 2.75 bits per heavy atom. The lowest BCUT2D eigenvalue weighted by atomic mass is 10.1. The molecule has 2 aromatic rings. The molecule has 7 nitrogen and oxygen atoms in total. The Morgan fingerprint density at radius 1 is 1.50 bits per heavy atom. The van der Waals surface area contributed by atoms with Crippen molar-refractivity contribution in [3.05, 3.63) is 49.1 Å². The monoisotopic (exact) mass is 293 g/mol. The summed E-state index contributed by atoms with van der Waals surface area (Å²) in [7, 11) is 1.75. The smallest absolute Gasteiger partial charge is 0.310 e. The van der Waals surface area contributed by atoms with Crippen LogP contribution in [0, 0.1) is 6.92 Å². The van der Waals surface area contributed by atoms with E-state index in [2.05, 4.69) is 5.10 Å². The van der Waals surface area contributed by atoms with Crippen molar-refractivity contribution in [1.82, 2.24) is 14.8 Å². The second kappa shape index (κ2) is 5.25. The standard InChI is InChI=1S/C12H11N3O4S/c1-6-7(5-15(2)14-6)3-4-8(16)9-10(17)13-12(19)20-11(9)18/h3-5,18H,1-2H3,(H,13,17,19). The van der Waals surface area contributed by atoms with Crippen LogP contribution in [0.15, 0.2) is 21.9 Å². The number of hydrogen-bond acceptors (Lipinski definition) is 6. The van der Waals surface area contributed by atoms with Crippen LogP contribution in [0.4, 0.5) is 0 Å². The summed E-state index contributed by atoms with van der Waals surface area (Å²) in [6.07, 6.45) is 4.37. The summed E-state index contributed by atoms with van der Waals surface area (Å²) in [5.74, 6) is -0.678. The third-order valence-electron chi connectivity index (χ3n) is 2.56. The maximum Gasteiger partial charge on any atom is 0.310 e. The highest BCUT2D eigenvalue weighted by molar-refractivity contribution is 7.11. The van der Waals surface area contributed by atoms with E-state index in [9.17, 15) is 19.5 Å². The minimum atomic E-state index is -0.899. The Morgan fingerprint density at radius 2 is 2.20 bits per heavy atom. The van der Waals surface area contributed by atoms with Crippen molar-refractivity contribution in [2.45, 2.75) is 6.92 Å². The fraction of sp³-hybridized carbons (Fsp3) is 0.167. The van der Waals surface area contributed by atoms with Gasteiger partial charge < -0.3 is 5.11 Å². The molecule has 0 aliphatic carbocycles. The minimum Gasteiger partial charge on any atom is -0.499 e. The van der Waals surface area contributed by atoms with Crippen LogP contribution < -0.4 is 10.4 Å². The highest BCUT2D eigenvalue weighted by atomic mass is 32.1. The molecule has 2 N–H and O–H groups in total. The maximum absolute atomic E-state index is 11.9. The zero-order valence-electron chi connectivity index (χ0n) is 10.7. The number of carbonyl (C=O) groups is 1. The summed E-state index contributed by atoms with van der Waals surface area (Å²) in [5.41, 5.74) is 0.115. The zero-order valence-corrected chi connectivity index (χ0v) is 11.5. The number of H-pyrrole nitrogens is 1. The van der Waals surface area contributed by atoms with Gasteiger partial charge in [0.1, 0.15) is 5.56 Å². The SMILES string of the molecule is Cc1nn(C)cc1C=CC(=O)c1c(O)sc(=O)[nH]c1=O. The fourth-order valence-electron chi connectivity index (χ4n) is 1.66. The number of nitrogens with one attached hydrogen (secondary N) is 1. The summed E-state index contributed by atoms with van der Waals surface area (Å²) in [4.78, 5) is 35.6. The summed E-state index contributed by atoms with van der Waals surface area (Å²) in [6, 6.07) is 0. The lowest BCUT2D eigenvalue weighted by Gasteiger charge is -1.96. The van der Waals surface area contributed by atoms with E-state index in [1.807, 2.05) is 4.98 Å². The van der Waals surface area contributed by atoms with E-state index in [-0.39, 0.29) is 0 Å². The Bertz CT molecular complexity index is 813. The number of aromatic nitrogens is 3. The highest BCUT2D eigenvalue weighted by Crippen LogP contribution is 2.16. The van der Waals surface area contributed by atoms with Crippen molar-refractivity contribution in [2.24, 2.45) is 7.05 Å². The van der Waals surface area contributed by atoms with Crippen molar-refractivity contribution >= 4 is 23.2 Å². The maximum atomic E-state index is 11.9. The fourth-order valence-corrected chi connectivity index (χ4v) is 2.28. The van der Waals surface area contributed by atoms with Crippen molar-refractivity contribution in [3.8, 4) is 5.06 Å². The van der Waals surface area contributed by atoms with Crippen LogP contribution in [-0.2, 0) is 7.05 Å².